The van der Waals surface area contributed by atoms with Gasteiger partial charge in [-0.2, -0.15) is 4.98 Å². The van der Waals surface area contributed by atoms with Crippen LogP contribution in [-0.4, -0.2) is 23.2 Å². The molecule has 0 spiro atoms. The summed E-state index contributed by atoms with van der Waals surface area (Å²) >= 11 is 0. The monoisotopic (exact) mass is 219 g/mol. The molecule has 3 rings (SSSR count). The lowest BCUT2D eigenvalue weighted by molar-refractivity contribution is 0.358. The lowest BCUT2D eigenvalue weighted by atomic mass is 10.1. The van der Waals surface area contributed by atoms with Gasteiger partial charge in [0.2, 0.25) is 11.7 Å². The maximum Gasteiger partial charge on any atom is 0.238 e. The molecule has 1 unspecified atom stereocenters. The van der Waals surface area contributed by atoms with E-state index in [0.29, 0.717) is 23.4 Å². The minimum atomic E-state index is 0.345. The van der Waals surface area contributed by atoms with Gasteiger partial charge in [-0.1, -0.05) is 5.16 Å². The van der Waals surface area contributed by atoms with Crippen LogP contribution in [0.1, 0.15) is 24.0 Å². The van der Waals surface area contributed by atoms with E-state index in [1.807, 2.05) is 19.1 Å². The van der Waals surface area contributed by atoms with Crippen LogP contribution in [0.25, 0.3) is 11.6 Å². The Labute approximate surface area is 92.8 Å². The predicted octanol–water partition coefficient (Wildman–Crippen LogP) is 1.71. The summed E-state index contributed by atoms with van der Waals surface area (Å²) in [6.07, 6.45) is 1.05. The Morgan fingerprint density at radius 3 is 3.06 bits per heavy atom. The van der Waals surface area contributed by atoms with Gasteiger partial charge in [-0.15, -0.1) is 0 Å². The van der Waals surface area contributed by atoms with E-state index in [9.17, 15) is 0 Å². The molecule has 1 fully saturated rings. The van der Waals surface area contributed by atoms with E-state index in [1.54, 1.807) is 0 Å². The lowest BCUT2D eigenvalue weighted by Gasteiger charge is -1.98. The highest BCUT2D eigenvalue weighted by Gasteiger charge is 2.23. The molecule has 1 N–H and O–H groups in total. The maximum atomic E-state index is 5.44. The molecule has 1 aliphatic rings. The second-order valence-electron chi connectivity index (χ2n) is 4.06. The first kappa shape index (κ1) is 9.59. The quantitative estimate of drug-likeness (QED) is 0.833. The van der Waals surface area contributed by atoms with E-state index >= 15 is 0 Å². The van der Waals surface area contributed by atoms with E-state index in [-0.39, 0.29) is 0 Å². The summed E-state index contributed by atoms with van der Waals surface area (Å²) in [5, 5.41) is 7.21. The Balaban J connectivity index is 1.87. The summed E-state index contributed by atoms with van der Waals surface area (Å²) in [6.45, 7) is 3.83. The second kappa shape index (κ2) is 3.75. The molecule has 84 valence electrons. The van der Waals surface area contributed by atoms with Gasteiger partial charge in [-0.3, -0.25) is 0 Å². The molecular formula is C11H13N3O2. The first-order chi connectivity index (χ1) is 7.83. The number of hydrogen-bond donors (Lipinski definition) is 1. The highest BCUT2D eigenvalue weighted by Crippen LogP contribution is 2.24. The van der Waals surface area contributed by atoms with E-state index in [4.69, 9.17) is 8.94 Å². The van der Waals surface area contributed by atoms with Gasteiger partial charge in [0, 0.05) is 6.54 Å². The molecule has 16 heavy (non-hydrogen) atoms. The van der Waals surface area contributed by atoms with Crippen LogP contribution in [0.3, 0.4) is 0 Å². The minimum Gasteiger partial charge on any atom is -0.458 e. The van der Waals surface area contributed by atoms with E-state index in [1.165, 1.54) is 0 Å². The summed E-state index contributed by atoms with van der Waals surface area (Å²) in [6, 6.07) is 3.75. The Hall–Kier alpha value is -1.62. The number of hydrogen-bond acceptors (Lipinski definition) is 5. The first-order valence-corrected chi connectivity index (χ1v) is 5.44. The number of nitrogens with one attached hydrogen (secondary N) is 1. The SMILES string of the molecule is Cc1ccc(-c2noc(C3CCNC3)n2)o1. The normalized spacial score (nSPS) is 20.4. The van der Waals surface area contributed by atoms with Crippen molar-refractivity contribution in [2.24, 2.45) is 0 Å². The fourth-order valence-electron chi connectivity index (χ4n) is 1.92. The third-order valence-electron chi connectivity index (χ3n) is 2.81. The summed E-state index contributed by atoms with van der Waals surface area (Å²) in [5.74, 6) is 3.10. The van der Waals surface area contributed by atoms with Gasteiger partial charge in [0.1, 0.15) is 5.76 Å². The summed E-state index contributed by atoms with van der Waals surface area (Å²) in [7, 11) is 0. The lowest BCUT2D eigenvalue weighted by Crippen LogP contribution is -2.08. The number of furan rings is 1. The largest absolute Gasteiger partial charge is 0.458 e. The standard InChI is InChI=1S/C11H13N3O2/c1-7-2-3-9(15-7)10-13-11(16-14-10)8-4-5-12-6-8/h2-3,8,12H,4-6H2,1H3. The molecule has 5 nitrogen and oxygen atoms in total. The van der Waals surface area contributed by atoms with E-state index in [0.717, 1.165) is 25.3 Å². The fourth-order valence-corrected chi connectivity index (χ4v) is 1.92. The van der Waals surface area contributed by atoms with Crippen LogP contribution in [-0.2, 0) is 0 Å². The van der Waals surface area contributed by atoms with Crippen LogP contribution in [0.5, 0.6) is 0 Å². The molecule has 2 aromatic heterocycles. The molecular weight excluding hydrogens is 206 g/mol. The van der Waals surface area contributed by atoms with Crippen molar-refractivity contribution in [2.45, 2.75) is 19.3 Å². The number of aryl methyl sites for hydroxylation is 1. The molecule has 1 aliphatic heterocycles. The van der Waals surface area contributed by atoms with E-state index < -0.39 is 0 Å². The first-order valence-electron chi connectivity index (χ1n) is 5.44. The van der Waals surface area contributed by atoms with Crippen molar-refractivity contribution < 1.29 is 8.94 Å². The molecule has 0 saturated carbocycles. The molecule has 0 bridgehead atoms. The molecule has 1 atom stereocenters. The van der Waals surface area contributed by atoms with Crippen molar-refractivity contribution in [1.29, 1.82) is 0 Å². The second-order valence-corrected chi connectivity index (χ2v) is 4.06. The molecule has 5 heteroatoms. The van der Waals surface area contributed by atoms with Gasteiger partial charge in [0.05, 0.1) is 5.92 Å². The predicted molar refractivity (Wildman–Crippen MR) is 57.0 cm³/mol. The van der Waals surface area contributed by atoms with Crippen molar-refractivity contribution >= 4 is 0 Å². The molecule has 1 saturated heterocycles. The van der Waals surface area contributed by atoms with Gasteiger partial charge in [-0.05, 0) is 32.0 Å². The smallest absolute Gasteiger partial charge is 0.238 e. The van der Waals surface area contributed by atoms with Gasteiger partial charge in [0.25, 0.3) is 0 Å². The maximum absolute atomic E-state index is 5.44. The van der Waals surface area contributed by atoms with Gasteiger partial charge in [-0.25, -0.2) is 0 Å². The highest BCUT2D eigenvalue weighted by molar-refractivity contribution is 5.45. The Kier molecular flexibility index (Phi) is 2.25. The van der Waals surface area contributed by atoms with Gasteiger partial charge < -0.3 is 14.3 Å². The third-order valence-corrected chi connectivity index (χ3v) is 2.81. The van der Waals surface area contributed by atoms with Gasteiger partial charge >= 0.3 is 0 Å². The number of aromatic nitrogens is 2. The molecule has 0 aliphatic carbocycles. The zero-order chi connectivity index (χ0) is 11.0. The summed E-state index contributed by atoms with van der Waals surface area (Å²) < 4.78 is 10.7. The van der Waals surface area contributed by atoms with Crippen LogP contribution >= 0.6 is 0 Å². The average molecular weight is 219 g/mol. The highest BCUT2D eigenvalue weighted by atomic mass is 16.5. The molecule has 0 amide bonds. The van der Waals surface area contributed by atoms with Crippen molar-refractivity contribution in [1.82, 2.24) is 15.5 Å². The van der Waals surface area contributed by atoms with Crippen molar-refractivity contribution in [2.75, 3.05) is 13.1 Å². The molecule has 0 aromatic carbocycles. The fraction of sp³-hybridized carbons (Fsp3) is 0.455. The minimum absolute atomic E-state index is 0.345. The number of nitrogens with zero attached hydrogens (tertiary/aromatic N) is 2. The van der Waals surface area contributed by atoms with Crippen molar-refractivity contribution in [3.05, 3.63) is 23.8 Å². The zero-order valence-corrected chi connectivity index (χ0v) is 9.06. The average Bonchev–Trinajstić information content (AvgIpc) is 2.97. The molecule has 0 radical (unpaired) electrons. The van der Waals surface area contributed by atoms with Crippen LogP contribution < -0.4 is 5.32 Å². The number of rotatable bonds is 2. The Bertz CT molecular complexity index is 483. The van der Waals surface area contributed by atoms with Crippen molar-refractivity contribution in [3.8, 4) is 11.6 Å². The zero-order valence-electron chi connectivity index (χ0n) is 9.06. The summed E-state index contributed by atoms with van der Waals surface area (Å²) in [4.78, 5) is 4.36. The van der Waals surface area contributed by atoms with Crippen LogP contribution in [0.2, 0.25) is 0 Å². The molecule has 2 aromatic rings. The van der Waals surface area contributed by atoms with Crippen molar-refractivity contribution in [3.63, 3.8) is 0 Å². The van der Waals surface area contributed by atoms with Crippen LogP contribution in [0.4, 0.5) is 0 Å². The van der Waals surface area contributed by atoms with Crippen LogP contribution in [0, 0.1) is 6.92 Å². The van der Waals surface area contributed by atoms with Gasteiger partial charge in [0.15, 0.2) is 5.76 Å². The van der Waals surface area contributed by atoms with Crippen LogP contribution in [0.15, 0.2) is 21.1 Å². The Morgan fingerprint density at radius 1 is 1.44 bits per heavy atom. The third kappa shape index (κ3) is 1.63. The molecule has 3 heterocycles. The summed E-state index contributed by atoms with van der Waals surface area (Å²) in [5.41, 5.74) is 0. The topological polar surface area (TPSA) is 64.1 Å². The Morgan fingerprint density at radius 2 is 2.38 bits per heavy atom. The van der Waals surface area contributed by atoms with E-state index in [2.05, 4.69) is 15.5 Å².